The lowest BCUT2D eigenvalue weighted by molar-refractivity contribution is 0.0520. The molecule has 1 aromatic carbocycles. The van der Waals surface area contributed by atoms with E-state index in [1.165, 1.54) is 0 Å². The molecule has 0 bridgehead atoms. The van der Waals surface area contributed by atoms with Gasteiger partial charge in [-0.1, -0.05) is 28.1 Å². The van der Waals surface area contributed by atoms with Crippen LogP contribution in [0.1, 0.15) is 45.2 Å². The first-order chi connectivity index (χ1) is 9.76. The molecule has 21 heavy (non-hydrogen) atoms. The predicted octanol–water partition coefficient (Wildman–Crippen LogP) is 3.46. The smallest absolute Gasteiger partial charge is 0.318 e. The predicted molar refractivity (Wildman–Crippen MR) is 87.1 cm³/mol. The first-order valence-corrected chi connectivity index (χ1v) is 8.10. The van der Waals surface area contributed by atoms with Gasteiger partial charge in [-0.05, 0) is 51.3 Å². The summed E-state index contributed by atoms with van der Waals surface area (Å²) in [6.07, 6.45) is 1.44. The van der Waals surface area contributed by atoms with E-state index in [0.717, 1.165) is 16.5 Å². The second-order valence-corrected chi connectivity index (χ2v) is 7.29. The molecule has 0 spiro atoms. The molecule has 5 heteroatoms. The van der Waals surface area contributed by atoms with Crippen molar-refractivity contribution in [3.63, 3.8) is 0 Å². The Labute approximate surface area is 134 Å². The maximum Gasteiger partial charge on any atom is 0.318 e. The topological polar surface area (TPSA) is 52.6 Å². The highest BCUT2D eigenvalue weighted by atomic mass is 79.9. The Morgan fingerprint density at radius 1 is 1.43 bits per heavy atom. The van der Waals surface area contributed by atoms with Crippen molar-refractivity contribution in [1.82, 2.24) is 10.2 Å². The SMILES string of the molecule is CC(c1ccc(Br)cc1)N1CCC(CC(C)(C)O)NC1=O. The number of rotatable bonds is 4. The van der Waals surface area contributed by atoms with E-state index in [4.69, 9.17) is 0 Å². The van der Waals surface area contributed by atoms with Gasteiger partial charge in [-0.2, -0.15) is 0 Å². The van der Waals surface area contributed by atoms with Crippen LogP contribution in [0.25, 0.3) is 0 Å². The third-order valence-electron chi connectivity index (χ3n) is 3.87. The average Bonchev–Trinajstić information content (AvgIpc) is 2.37. The molecule has 1 aliphatic heterocycles. The number of carbonyl (C=O) groups is 1. The van der Waals surface area contributed by atoms with Gasteiger partial charge in [-0.15, -0.1) is 0 Å². The lowest BCUT2D eigenvalue weighted by Crippen LogP contribution is -2.53. The summed E-state index contributed by atoms with van der Waals surface area (Å²) < 4.78 is 1.03. The Balaban J connectivity index is 2.00. The number of benzene rings is 1. The number of nitrogens with one attached hydrogen (secondary N) is 1. The van der Waals surface area contributed by atoms with Gasteiger partial charge in [-0.25, -0.2) is 4.79 Å². The fraction of sp³-hybridized carbons (Fsp3) is 0.562. The van der Waals surface area contributed by atoms with E-state index in [1.54, 1.807) is 13.8 Å². The molecule has 0 radical (unpaired) electrons. The normalized spacial score (nSPS) is 21.1. The molecular weight excluding hydrogens is 332 g/mol. The zero-order chi connectivity index (χ0) is 15.6. The molecular formula is C16H23BrN2O2. The minimum Gasteiger partial charge on any atom is -0.390 e. The molecule has 2 amide bonds. The van der Waals surface area contributed by atoms with Crippen LogP contribution in [0, 0.1) is 0 Å². The Kier molecular flexibility index (Phi) is 4.94. The molecule has 1 heterocycles. The summed E-state index contributed by atoms with van der Waals surface area (Å²) in [5, 5.41) is 12.9. The quantitative estimate of drug-likeness (QED) is 0.869. The van der Waals surface area contributed by atoms with Crippen molar-refractivity contribution >= 4 is 22.0 Å². The Hall–Kier alpha value is -1.07. The summed E-state index contributed by atoms with van der Waals surface area (Å²) in [4.78, 5) is 14.1. The van der Waals surface area contributed by atoms with Crippen LogP contribution in [0.4, 0.5) is 4.79 Å². The Morgan fingerprint density at radius 3 is 2.57 bits per heavy atom. The van der Waals surface area contributed by atoms with Crippen molar-refractivity contribution in [3.8, 4) is 0 Å². The van der Waals surface area contributed by atoms with Crippen molar-refractivity contribution in [2.45, 2.75) is 51.3 Å². The Bertz CT molecular complexity index is 496. The van der Waals surface area contributed by atoms with Crippen LogP contribution in [0.2, 0.25) is 0 Å². The van der Waals surface area contributed by atoms with E-state index in [0.29, 0.717) is 13.0 Å². The van der Waals surface area contributed by atoms with Gasteiger partial charge in [0.15, 0.2) is 0 Å². The molecule has 1 saturated heterocycles. The molecule has 0 aromatic heterocycles. The van der Waals surface area contributed by atoms with Gasteiger partial charge in [-0.3, -0.25) is 0 Å². The molecule has 0 aliphatic carbocycles. The van der Waals surface area contributed by atoms with Gasteiger partial charge < -0.3 is 15.3 Å². The van der Waals surface area contributed by atoms with Crippen LogP contribution >= 0.6 is 15.9 Å². The minimum absolute atomic E-state index is 0.0428. The van der Waals surface area contributed by atoms with Gasteiger partial charge >= 0.3 is 6.03 Å². The summed E-state index contributed by atoms with van der Waals surface area (Å²) in [6.45, 7) is 6.30. The molecule has 1 fully saturated rings. The standard InChI is InChI=1S/C16H23BrN2O2/c1-11(12-4-6-13(17)7-5-12)19-9-8-14(18-15(19)20)10-16(2,3)21/h4-7,11,14,21H,8-10H2,1-3H3,(H,18,20). The van der Waals surface area contributed by atoms with Crippen LogP contribution in [0.3, 0.4) is 0 Å². The molecule has 2 atom stereocenters. The van der Waals surface area contributed by atoms with E-state index >= 15 is 0 Å². The van der Waals surface area contributed by atoms with Crippen molar-refractivity contribution in [1.29, 1.82) is 0 Å². The number of urea groups is 1. The van der Waals surface area contributed by atoms with Gasteiger partial charge in [0.05, 0.1) is 11.6 Å². The van der Waals surface area contributed by atoms with Gasteiger partial charge in [0.1, 0.15) is 0 Å². The first kappa shape index (κ1) is 16.3. The van der Waals surface area contributed by atoms with Crippen LogP contribution in [-0.2, 0) is 0 Å². The molecule has 1 aromatic rings. The molecule has 116 valence electrons. The highest BCUT2D eigenvalue weighted by molar-refractivity contribution is 9.10. The number of carbonyl (C=O) groups excluding carboxylic acids is 1. The fourth-order valence-corrected chi connectivity index (χ4v) is 3.04. The van der Waals surface area contributed by atoms with E-state index < -0.39 is 5.60 Å². The molecule has 0 saturated carbocycles. The second kappa shape index (κ2) is 6.36. The number of nitrogens with zero attached hydrogens (tertiary/aromatic N) is 1. The highest BCUT2D eigenvalue weighted by Crippen LogP contribution is 2.26. The molecule has 4 nitrogen and oxygen atoms in total. The van der Waals surface area contributed by atoms with E-state index in [2.05, 4.69) is 21.2 Å². The monoisotopic (exact) mass is 354 g/mol. The van der Waals surface area contributed by atoms with E-state index in [1.807, 2.05) is 36.1 Å². The molecule has 1 aliphatic rings. The lowest BCUT2D eigenvalue weighted by Gasteiger charge is -2.38. The fourth-order valence-electron chi connectivity index (χ4n) is 2.77. The summed E-state index contributed by atoms with van der Waals surface area (Å²) in [6, 6.07) is 8.09. The summed E-state index contributed by atoms with van der Waals surface area (Å²) in [7, 11) is 0. The van der Waals surface area contributed by atoms with Gasteiger partial charge in [0, 0.05) is 17.1 Å². The van der Waals surface area contributed by atoms with Crippen molar-refractivity contribution in [2.75, 3.05) is 6.54 Å². The Morgan fingerprint density at radius 2 is 2.05 bits per heavy atom. The second-order valence-electron chi connectivity index (χ2n) is 6.37. The number of amides is 2. The first-order valence-electron chi connectivity index (χ1n) is 7.31. The number of hydrogen-bond donors (Lipinski definition) is 2. The number of halogens is 1. The number of aliphatic hydroxyl groups is 1. The van der Waals surface area contributed by atoms with Crippen LogP contribution < -0.4 is 5.32 Å². The summed E-state index contributed by atoms with van der Waals surface area (Å²) in [5.74, 6) is 0. The maximum atomic E-state index is 12.3. The van der Waals surface area contributed by atoms with Crippen LogP contribution in [0.5, 0.6) is 0 Å². The van der Waals surface area contributed by atoms with Crippen molar-refractivity contribution < 1.29 is 9.90 Å². The highest BCUT2D eigenvalue weighted by Gasteiger charge is 2.31. The van der Waals surface area contributed by atoms with E-state index in [9.17, 15) is 9.90 Å². The van der Waals surface area contributed by atoms with Crippen molar-refractivity contribution in [3.05, 3.63) is 34.3 Å². The largest absolute Gasteiger partial charge is 0.390 e. The third-order valence-corrected chi connectivity index (χ3v) is 4.40. The third kappa shape index (κ3) is 4.45. The average molecular weight is 355 g/mol. The van der Waals surface area contributed by atoms with Gasteiger partial charge in [0.25, 0.3) is 0 Å². The maximum absolute atomic E-state index is 12.3. The minimum atomic E-state index is -0.753. The molecule has 2 unspecified atom stereocenters. The van der Waals surface area contributed by atoms with E-state index in [-0.39, 0.29) is 18.1 Å². The van der Waals surface area contributed by atoms with Crippen molar-refractivity contribution in [2.24, 2.45) is 0 Å². The van der Waals surface area contributed by atoms with Gasteiger partial charge in [0.2, 0.25) is 0 Å². The zero-order valence-corrected chi connectivity index (χ0v) is 14.4. The van der Waals surface area contributed by atoms with Crippen LogP contribution in [-0.4, -0.2) is 34.2 Å². The lowest BCUT2D eigenvalue weighted by atomic mass is 9.95. The summed E-state index contributed by atoms with van der Waals surface area (Å²) >= 11 is 3.42. The molecule has 2 N–H and O–H groups in total. The summed E-state index contributed by atoms with van der Waals surface area (Å²) in [5.41, 5.74) is 0.367. The molecule has 2 rings (SSSR count). The zero-order valence-electron chi connectivity index (χ0n) is 12.8. The number of hydrogen-bond acceptors (Lipinski definition) is 2. The van der Waals surface area contributed by atoms with Crippen LogP contribution in [0.15, 0.2) is 28.7 Å².